The van der Waals surface area contributed by atoms with Crippen LogP contribution in [0.4, 0.5) is 5.69 Å². The Kier molecular flexibility index (Phi) is 4.25. The molecule has 0 amide bonds. The first-order chi connectivity index (χ1) is 8.27. The molecule has 1 rings (SSSR count). The summed E-state index contributed by atoms with van der Waals surface area (Å²) in [4.78, 5) is 20.9. The highest BCUT2D eigenvalue weighted by Crippen LogP contribution is 2.25. The van der Waals surface area contributed by atoms with Gasteiger partial charge in [0.25, 0.3) is 14.7 Å². The zero-order chi connectivity index (χ0) is 13.9. The van der Waals surface area contributed by atoms with E-state index in [2.05, 4.69) is 4.74 Å². The Bertz CT molecular complexity index is 597. The van der Waals surface area contributed by atoms with Gasteiger partial charge in [-0.3, -0.25) is 10.1 Å². The number of nitrogens with zero attached hydrogens (tertiary/aromatic N) is 1. The third-order valence-electron chi connectivity index (χ3n) is 1.94. The van der Waals surface area contributed by atoms with E-state index in [4.69, 9.17) is 10.7 Å². The van der Waals surface area contributed by atoms with E-state index in [1.54, 1.807) is 6.92 Å². The Balaban J connectivity index is 3.39. The first-order valence-corrected chi connectivity index (χ1v) is 6.98. The van der Waals surface area contributed by atoms with Gasteiger partial charge < -0.3 is 4.74 Å². The van der Waals surface area contributed by atoms with Crippen molar-refractivity contribution in [2.45, 2.75) is 11.8 Å². The molecule has 1 aromatic carbocycles. The van der Waals surface area contributed by atoms with Crippen molar-refractivity contribution in [2.75, 3.05) is 6.61 Å². The van der Waals surface area contributed by atoms with Crippen molar-refractivity contribution in [1.29, 1.82) is 0 Å². The van der Waals surface area contributed by atoms with Gasteiger partial charge in [0.15, 0.2) is 0 Å². The molecular weight excluding hydrogens is 286 g/mol. The zero-order valence-corrected chi connectivity index (χ0v) is 10.7. The number of rotatable bonds is 4. The fourth-order valence-electron chi connectivity index (χ4n) is 1.20. The molecule has 9 heteroatoms. The highest BCUT2D eigenvalue weighted by molar-refractivity contribution is 8.13. The van der Waals surface area contributed by atoms with Crippen molar-refractivity contribution in [1.82, 2.24) is 0 Å². The summed E-state index contributed by atoms with van der Waals surface area (Å²) in [7, 11) is 0.964. The average molecular weight is 294 g/mol. The van der Waals surface area contributed by atoms with Crippen LogP contribution < -0.4 is 0 Å². The quantitative estimate of drug-likeness (QED) is 0.362. The molecule has 0 heterocycles. The Labute approximate surface area is 107 Å². The second-order valence-electron chi connectivity index (χ2n) is 3.09. The molecule has 0 aliphatic rings. The van der Waals surface area contributed by atoms with Crippen molar-refractivity contribution in [2.24, 2.45) is 0 Å². The van der Waals surface area contributed by atoms with Crippen LogP contribution >= 0.6 is 10.7 Å². The Hall–Kier alpha value is -1.67. The molecule has 18 heavy (non-hydrogen) atoms. The second-order valence-corrected chi connectivity index (χ2v) is 5.66. The molecule has 0 spiro atoms. The normalized spacial score (nSPS) is 11.0. The number of esters is 1. The van der Waals surface area contributed by atoms with E-state index in [-0.39, 0.29) is 12.2 Å². The van der Waals surface area contributed by atoms with E-state index in [1.807, 2.05) is 0 Å². The number of carbonyl (C=O) groups is 1. The second kappa shape index (κ2) is 5.32. The molecule has 0 saturated heterocycles. The van der Waals surface area contributed by atoms with Gasteiger partial charge in [-0.1, -0.05) is 0 Å². The number of halogens is 1. The first-order valence-electron chi connectivity index (χ1n) is 4.67. The molecule has 0 unspecified atom stereocenters. The summed E-state index contributed by atoms with van der Waals surface area (Å²) in [5.41, 5.74) is -0.999. The molecule has 0 aliphatic carbocycles. The summed E-state index contributed by atoms with van der Waals surface area (Å²) in [6, 6.07) is 2.71. The van der Waals surface area contributed by atoms with Crippen LogP contribution in [0, 0.1) is 10.1 Å². The minimum absolute atomic E-state index is 0.0472. The van der Waals surface area contributed by atoms with Crippen LogP contribution in [0.25, 0.3) is 0 Å². The van der Waals surface area contributed by atoms with E-state index in [9.17, 15) is 23.3 Å². The summed E-state index contributed by atoms with van der Waals surface area (Å²) >= 11 is 0. The van der Waals surface area contributed by atoms with Crippen LogP contribution in [0.5, 0.6) is 0 Å². The average Bonchev–Trinajstić information content (AvgIpc) is 2.27. The van der Waals surface area contributed by atoms with Crippen LogP contribution in [-0.4, -0.2) is 25.9 Å². The number of carbonyl (C=O) groups excluding carboxylic acids is 1. The minimum Gasteiger partial charge on any atom is -0.462 e. The van der Waals surface area contributed by atoms with Gasteiger partial charge in [0, 0.05) is 16.7 Å². The number of hydrogen-bond acceptors (Lipinski definition) is 6. The predicted molar refractivity (Wildman–Crippen MR) is 62.1 cm³/mol. The van der Waals surface area contributed by atoms with Gasteiger partial charge in [0.2, 0.25) is 0 Å². The maximum absolute atomic E-state index is 11.4. The maximum Gasteiger partial charge on any atom is 0.345 e. The SMILES string of the molecule is CCOC(=O)c1ccc(S(=O)(=O)Cl)cc1[N+](=O)[O-]. The van der Waals surface area contributed by atoms with E-state index >= 15 is 0 Å². The van der Waals surface area contributed by atoms with Gasteiger partial charge in [-0.25, -0.2) is 13.2 Å². The van der Waals surface area contributed by atoms with Gasteiger partial charge in [0.05, 0.1) is 16.4 Å². The van der Waals surface area contributed by atoms with E-state index in [1.165, 1.54) is 0 Å². The van der Waals surface area contributed by atoms with Crippen LogP contribution in [0.2, 0.25) is 0 Å². The number of hydrogen-bond donors (Lipinski definition) is 0. The first kappa shape index (κ1) is 14.4. The standard InChI is InChI=1S/C9H8ClNO6S/c1-2-17-9(12)7-4-3-6(18(10,15)16)5-8(7)11(13)14/h3-5H,2H2,1H3. The molecule has 7 nitrogen and oxygen atoms in total. The topological polar surface area (TPSA) is 104 Å². The predicted octanol–water partition coefficient (Wildman–Crippen LogP) is 1.70. The third-order valence-corrected chi connectivity index (χ3v) is 3.29. The lowest BCUT2D eigenvalue weighted by molar-refractivity contribution is -0.385. The Morgan fingerprint density at radius 1 is 1.50 bits per heavy atom. The molecule has 1 aromatic rings. The Morgan fingerprint density at radius 2 is 2.11 bits per heavy atom. The fourth-order valence-corrected chi connectivity index (χ4v) is 1.97. The maximum atomic E-state index is 11.4. The number of ether oxygens (including phenoxy) is 1. The summed E-state index contributed by atoms with van der Waals surface area (Å²) < 4.78 is 26.7. The van der Waals surface area contributed by atoms with E-state index in [0.29, 0.717) is 6.07 Å². The van der Waals surface area contributed by atoms with Crippen molar-refractivity contribution in [3.05, 3.63) is 33.9 Å². The van der Waals surface area contributed by atoms with Crippen LogP contribution in [0.1, 0.15) is 17.3 Å². The van der Waals surface area contributed by atoms with Gasteiger partial charge in [0.1, 0.15) is 5.56 Å². The molecule has 0 aliphatic heterocycles. The van der Waals surface area contributed by atoms with Gasteiger partial charge in [-0.2, -0.15) is 0 Å². The third kappa shape index (κ3) is 3.17. The van der Waals surface area contributed by atoms with Crippen molar-refractivity contribution in [3.8, 4) is 0 Å². The van der Waals surface area contributed by atoms with Gasteiger partial charge >= 0.3 is 5.97 Å². The van der Waals surface area contributed by atoms with Crippen LogP contribution in [0.15, 0.2) is 23.1 Å². The molecule has 0 bridgehead atoms. The highest BCUT2D eigenvalue weighted by atomic mass is 35.7. The van der Waals surface area contributed by atoms with Crippen LogP contribution in [-0.2, 0) is 13.8 Å². The van der Waals surface area contributed by atoms with Gasteiger partial charge in [-0.05, 0) is 19.1 Å². The summed E-state index contributed by atoms with van der Waals surface area (Å²) in [6.45, 7) is 1.59. The lowest BCUT2D eigenvalue weighted by Gasteiger charge is -2.04. The lowest BCUT2D eigenvalue weighted by atomic mass is 10.2. The molecule has 0 atom stereocenters. The molecule has 0 saturated carbocycles. The lowest BCUT2D eigenvalue weighted by Crippen LogP contribution is -2.08. The van der Waals surface area contributed by atoms with Crippen molar-refractivity contribution < 1.29 is 22.9 Å². The summed E-state index contributed by atoms with van der Waals surface area (Å²) in [6.07, 6.45) is 0. The molecule has 0 radical (unpaired) electrons. The van der Waals surface area contributed by atoms with E-state index < -0.39 is 30.5 Å². The number of benzene rings is 1. The zero-order valence-electron chi connectivity index (χ0n) is 9.12. The van der Waals surface area contributed by atoms with Crippen molar-refractivity contribution >= 4 is 31.4 Å². The highest BCUT2D eigenvalue weighted by Gasteiger charge is 2.24. The van der Waals surface area contributed by atoms with Crippen molar-refractivity contribution in [3.63, 3.8) is 0 Å². The molecular formula is C9H8ClNO6S. The number of nitro groups is 1. The molecule has 0 N–H and O–H groups in total. The fraction of sp³-hybridized carbons (Fsp3) is 0.222. The summed E-state index contributed by atoms with van der Waals surface area (Å²) in [5.74, 6) is -0.900. The summed E-state index contributed by atoms with van der Waals surface area (Å²) in [5, 5.41) is 10.8. The monoisotopic (exact) mass is 293 g/mol. The van der Waals surface area contributed by atoms with Gasteiger partial charge in [-0.15, -0.1) is 0 Å². The molecule has 0 fully saturated rings. The Morgan fingerprint density at radius 3 is 2.56 bits per heavy atom. The largest absolute Gasteiger partial charge is 0.462 e. The smallest absolute Gasteiger partial charge is 0.345 e. The van der Waals surface area contributed by atoms with E-state index in [0.717, 1.165) is 12.1 Å². The van der Waals surface area contributed by atoms with Crippen LogP contribution in [0.3, 0.4) is 0 Å². The molecule has 98 valence electrons. The molecule has 0 aromatic heterocycles. The number of nitro benzene ring substituents is 1. The minimum atomic E-state index is -4.10.